The zero-order chi connectivity index (χ0) is 14.3. The Bertz CT molecular complexity index is 391. The summed E-state index contributed by atoms with van der Waals surface area (Å²) in [5, 5.41) is 0. The van der Waals surface area contributed by atoms with E-state index >= 15 is 0 Å². The number of rotatable bonds is 8. The van der Waals surface area contributed by atoms with E-state index in [-0.39, 0.29) is 5.92 Å². The summed E-state index contributed by atoms with van der Waals surface area (Å²) in [5.41, 5.74) is 6.74. The van der Waals surface area contributed by atoms with Gasteiger partial charge in [0.1, 0.15) is 11.6 Å². The molecular formula is C15H27N3O. The predicted octanol–water partition coefficient (Wildman–Crippen LogP) is 3.84. The van der Waals surface area contributed by atoms with Gasteiger partial charge in [0.05, 0.1) is 12.2 Å². The van der Waals surface area contributed by atoms with Gasteiger partial charge in [-0.1, -0.05) is 46.5 Å². The molecule has 0 aliphatic rings. The van der Waals surface area contributed by atoms with Gasteiger partial charge in [-0.05, 0) is 13.3 Å². The highest BCUT2D eigenvalue weighted by molar-refractivity contribution is 5.44. The highest BCUT2D eigenvalue weighted by atomic mass is 16.5. The normalized spacial score (nSPS) is 11.0. The van der Waals surface area contributed by atoms with Crippen molar-refractivity contribution < 1.29 is 4.74 Å². The van der Waals surface area contributed by atoms with Crippen molar-refractivity contribution in [3.8, 4) is 5.88 Å². The first-order chi connectivity index (χ1) is 9.06. The van der Waals surface area contributed by atoms with E-state index in [1.165, 1.54) is 25.7 Å². The molecule has 0 aliphatic carbocycles. The van der Waals surface area contributed by atoms with Crippen LogP contribution in [0.15, 0.2) is 0 Å². The summed E-state index contributed by atoms with van der Waals surface area (Å²) in [7, 11) is 0. The Balaban J connectivity index is 2.52. The van der Waals surface area contributed by atoms with Gasteiger partial charge in [0.25, 0.3) is 0 Å². The number of nitrogen functional groups attached to an aromatic ring is 1. The SMILES string of the molecule is CCCCCCCOc1nc(C(C)C)nc(N)c1C. The number of nitrogens with zero attached hydrogens (tertiary/aromatic N) is 2. The molecule has 0 spiro atoms. The number of anilines is 1. The average Bonchev–Trinajstić information content (AvgIpc) is 2.37. The fourth-order valence-electron chi connectivity index (χ4n) is 1.80. The van der Waals surface area contributed by atoms with E-state index in [1.54, 1.807) is 0 Å². The molecule has 1 rings (SSSR count). The maximum absolute atomic E-state index is 5.90. The Morgan fingerprint density at radius 1 is 1.11 bits per heavy atom. The summed E-state index contributed by atoms with van der Waals surface area (Å²) in [6, 6.07) is 0. The number of hydrogen-bond acceptors (Lipinski definition) is 4. The molecule has 0 amide bonds. The van der Waals surface area contributed by atoms with Gasteiger partial charge in [-0.25, -0.2) is 4.98 Å². The van der Waals surface area contributed by atoms with Crippen molar-refractivity contribution in [2.75, 3.05) is 12.3 Å². The van der Waals surface area contributed by atoms with E-state index in [9.17, 15) is 0 Å². The summed E-state index contributed by atoms with van der Waals surface area (Å²) < 4.78 is 5.76. The fourth-order valence-corrected chi connectivity index (χ4v) is 1.80. The van der Waals surface area contributed by atoms with Crippen LogP contribution in [0.4, 0.5) is 5.82 Å². The molecule has 1 aromatic heterocycles. The lowest BCUT2D eigenvalue weighted by Gasteiger charge is -2.12. The van der Waals surface area contributed by atoms with Crippen LogP contribution in [0.25, 0.3) is 0 Å². The fraction of sp³-hybridized carbons (Fsp3) is 0.733. The Kier molecular flexibility index (Phi) is 6.60. The number of unbranched alkanes of at least 4 members (excludes halogenated alkanes) is 4. The molecule has 19 heavy (non-hydrogen) atoms. The minimum Gasteiger partial charge on any atom is -0.477 e. The molecule has 0 unspecified atom stereocenters. The van der Waals surface area contributed by atoms with Gasteiger partial charge in [0.2, 0.25) is 5.88 Å². The third kappa shape index (κ3) is 5.05. The van der Waals surface area contributed by atoms with E-state index in [0.29, 0.717) is 18.3 Å². The molecule has 1 aromatic rings. The molecule has 2 N–H and O–H groups in total. The van der Waals surface area contributed by atoms with Crippen molar-refractivity contribution in [2.24, 2.45) is 0 Å². The minimum atomic E-state index is 0.259. The van der Waals surface area contributed by atoms with Gasteiger partial charge in [0, 0.05) is 5.92 Å². The topological polar surface area (TPSA) is 61.0 Å². The van der Waals surface area contributed by atoms with Crippen LogP contribution in [0, 0.1) is 6.92 Å². The van der Waals surface area contributed by atoms with Crippen LogP contribution in [0.1, 0.15) is 70.2 Å². The third-order valence-electron chi connectivity index (χ3n) is 3.16. The Hall–Kier alpha value is -1.32. The molecule has 1 heterocycles. The number of nitrogens with two attached hydrogens (primary N) is 1. The molecule has 0 aliphatic heterocycles. The van der Waals surface area contributed by atoms with Gasteiger partial charge >= 0.3 is 0 Å². The number of ether oxygens (including phenoxy) is 1. The van der Waals surface area contributed by atoms with Crippen molar-refractivity contribution in [2.45, 2.75) is 65.7 Å². The molecule has 0 aromatic carbocycles. The molecule has 0 radical (unpaired) electrons. The number of aromatic nitrogens is 2. The molecule has 4 heteroatoms. The van der Waals surface area contributed by atoms with Gasteiger partial charge in [-0.3, -0.25) is 0 Å². The standard InChI is InChI=1S/C15H27N3O/c1-5-6-7-8-9-10-19-15-12(4)13(16)17-14(18-15)11(2)3/h11H,5-10H2,1-4H3,(H2,16,17,18). The van der Waals surface area contributed by atoms with E-state index < -0.39 is 0 Å². The zero-order valence-corrected chi connectivity index (χ0v) is 12.7. The maximum atomic E-state index is 5.90. The van der Waals surface area contributed by atoms with Crippen LogP contribution in [0.5, 0.6) is 5.88 Å². The van der Waals surface area contributed by atoms with E-state index in [4.69, 9.17) is 10.5 Å². The van der Waals surface area contributed by atoms with Crippen LogP contribution in [-0.4, -0.2) is 16.6 Å². The first-order valence-corrected chi connectivity index (χ1v) is 7.33. The minimum absolute atomic E-state index is 0.259. The van der Waals surface area contributed by atoms with Crippen molar-refractivity contribution in [3.05, 3.63) is 11.4 Å². The van der Waals surface area contributed by atoms with Crippen LogP contribution in [0.3, 0.4) is 0 Å². The van der Waals surface area contributed by atoms with E-state index in [1.807, 2.05) is 6.92 Å². The van der Waals surface area contributed by atoms with Gasteiger partial charge in [-0.2, -0.15) is 4.98 Å². The van der Waals surface area contributed by atoms with Gasteiger partial charge in [-0.15, -0.1) is 0 Å². The summed E-state index contributed by atoms with van der Waals surface area (Å²) in [5.74, 6) is 2.19. The second-order valence-corrected chi connectivity index (χ2v) is 5.31. The van der Waals surface area contributed by atoms with Crippen LogP contribution in [0.2, 0.25) is 0 Å². The smallest absolute Gasteiger partial charge is 0.221 e. The molecule has 0 fully saturated rings. The summed E-state index contributed by atoms with van der Waals surface area (Å²) in [6.45, 7) is 8.94. The third-order valence-corrected chi connectivity index (χ3v) is 3.16. The lowest BCUT2D eigenvalue weighted by atomic mass is 10.2. The highest BCUT2D eigenvalue weighted by Crippen LogP contribution is 2.23. The Labute approximate surface area is 116 Å². The summed E-state index contributed by atoms with van der Waals surface area (Å²) in [4.78, 5) is 8.74. The molecular weight excluding hydrogens is 238 g/mol. The summed E-state index contributed by atoms with van der Waals surface area (Å²) >= 11 is 0. The van der Waals surface area contributed by atoms with Crippen LogP contribution < -0.4 is 10.5 Å². The van der Waals surface area contributed by atoms with Crippen LogP contribution >= 0.6 is 0 Å². The van der Waals surface area contributed by atoms with Crippen molar-refractivity contribution in [3.63, 3.8) is 0 Å². The Morgan fingerprint density at radius 3 is 2.42 bits per heavy atom. The lowest BCUT2D eigenvalue weighted by Crippen LogP contribution is -2.09. The first kappa shape index (κ1) is 15.7. The lowest BCUT2D eigenvalue weighted by molar-refractivity contribution is 0.289. The van der Waals surface area contributed by atoms with E-state index in [2.05, 4.69) is 30.7 Å². The summed E-state index contributed by atoms with van der Waals surface area (Å²) in [6.07, 6.45) is 6.13. The van der Waals surface area contributed by atoms with Gasteiger partial charge < -0.3 is 10.5 Å². The van der Waals surface area contributed by atoms with E-state index in [0.717, 1.165) is 17.8 Å². The second kappa shape index (κ2) is 7.97. The van der Waals surface area contributed by atoms with Crippen molar-refractivity contribution in [1.82, 2.24) is 9.97 Å². The molecule has 0 bridgehead atoms. The largest absolute Gasteiger partial charge is 0.477 e. The average molecular weight is 265 g/mol. The zero-order valence-electron chi connectivity index (χ0n) is 12.7. The first-order valence-electron chi connectivity index (χ1n) is 7.33. The monoisotopic (exact) mass is 265 g/mol. The maximum Gasteiger partial charge on any atom is 0.221 e. The van der Waals surface area contributed by atoms with Crippen molar-refractivity contribution in [1.29, 1.82) is 0 Å². The second-order valence-electron chi connectivity index (χ2n) is 5.31. The molecule has 108 valence electrons. The molecule has 0 atom stereocenters. The molecule has 0 saturated carbocycles. The number of hydrogen-bond donors (Lipinski definition) is 1. The quantitative estimate of drug-likeness (QED) is 0.725. The highest BCUT2D eigenvalue weighted by Gasteiger charge is 2.12. The van der Waals surface area contributed by atoms with Crippen molar-refractivity contribution >= 4 is 5.82 Å². The van der Waals surface area contributed by atoms with Gasteiger partial charge in [0.15, 0.2) is 0 Å². The molecule has 0 saturated heterocycles. The Morgan fingerprint density at radius 2 is 1.79 bits per heavy atom. The van der Waals surface area contributed by atoms with Crippen LogP contribution in [-0.2, 0) is 0 Å². The molecule has 4 nitrogen and oxygen atoms in total. The predicted molar refractivity (Wildman–Crippen MR) is 79.5 cm³/mol.